The Bertz CT molecular complexity index is 494. The number of pyridine rings is 1. The Labute approximate surface area is 94.6 Å². The van der Waals surface area contributed by atoms with Gasteiger partial charge in [-0.2, -0.15) is 0 Å². The highest BCUT2D eigenvalue weighted by Crippen LogP contribution is 2.18. The zero-order valence-corrected chi connectivity index (χ0v) is 8.97. The van der Waals surface area contributed by atoms with Crippen molar-refractivity contribution in [3.63, 3.8) is 0 Å². The van der Waals surface area contributed by atoms with Crippen LogP contribution in [0.25, 0.3) is 10.9 Å². The number of aromatic nitrogens is 1. The van der Waals surface area contributed by atoms with E-state index in [0.717, 1.165) is 16.7 Å². The molecule has 0 unspecified atom stereocenters. The lowest BCUT2D eigenvalue weighted by atomic mass is 10.2. The molecule has 0 amide bonds. The van der Waals surface area contributed by atoms with Crippen LogP contribution in [0.15, 0.2) is 48.7 Å². The molecule has 0 radical (unpaired) electrons. The van der Waals surface area contributed by atoms with Crippen molar-refractivity contribution >= 4 is 10.9 Å². The molecule has 0 saturated carbocycles. The summed E-state index contributed by atoms with van der Waals surface area (Å²) in [6.07, 6.45) is 5.57. The number of fused-ring (bicyclic) bond motifs is 1. The Balaban J connectivity index is 2.10. The van der Waals surface area contributed by atoms with Crippen molar-refractivity contribution < 1.29 is 4.74 Å². The second-order valence-electron chi connectivity index (χ2n) is 3.38. The van der Waals surface area contributed by atoms with Gasteiger partial charge in [0.2, 0.25) is 0 Å². The van der Waals surface area contributed by atoms with E-state index in [1.165, 1.54) is 0 Å². The molecule has 82 valence electrons. The van der Waals surface area contributed by atoms with E-state index in [1.54, 1.807) is 6.20 Å². The van der Waals surface area contributed by atoms with Crippen molar-refractivity contribution in [3.05, 3.63) is 48.7 Å². The Morgan fingerprint density at radius 2 is 2.19 bits per heavy atom. The first-order valence-electron chi connectivity index (χ1n) is 5.23. The lowest BCUT2D eigenvalue weighted by molar-refractivity contribution is 0.363. The molecule has 2 N–H and O–H groups in total. The van der Waals surface area contributed by atoms with Crippen LogP contribution in [0.1, 0.15) is 0 Å². The molecule has 0 aliphatic carbocycles. The number of nitrogens with two attached hydrogens (primary N) is 1. The molecule has 0 aliphatic rings. The molecule has 0 bridgehead atoms. The Kier molecular flexibility index (Phi) is 3.51. The average molecular weight is 214 g/mol. The van der Waals surface area contributed by atoms with Crippen LogP contribution in [0.4, 0.5) is 0 Å². The van der Waals surface area contributed by atoms with Gasteiger partial charge >= 0.3 is 0 Å². The third kappa shape index (κ3) is 2.58. The van der Waals surface area contributed by atoms with Crippen molar-refractivity contribution in [1.82, 2.24) is 4.98 Å². The number of ether oxygens (including phenoxy) is 1. The van der Waals surface area contributed by atoms with Gasteiger partial charge in [0, 0.05) is 18.1 Å². The number of benzene rings is 1. The van der Waals surface area contributed by atoms with Crippen LogP contribution >= 0.6 is 0 Å². The maximum Gasteiger partial charge on any atom is 0.120 e. The summed E-state index contributed by atoms with van der Waals surface area (Å²) in [5.74, 6) is 0.849. The van der Waals surface area contributed by atoms with Crippen molar-refractivity contribution in [1.29, 1.82) is 0 Å². The SMILES string of the molecule is NC/C=C/COc1ccc2ncccc2c1. The van der Waals surface area contributed by atoms with Gasteiger partial charge in [-0.05, 0) is 24.3 Å². The summed E-state index contributed by atoms with van der Waals surface area (Å²) < 4.78 is 5.55. The fraction of sp³-hybridized carbons (Fsp3) is 0.154. The van der Waals surface area contributed by atoms with E-state index in [1.807, 2.05) is 42.5 Å². The monoisotopic (exact) mass is 214 g/mol. The first-order valence-corrected chi connectivity index (χ1v) is 5.23. The molecule has 0 saturated heterocycles. The van der Waals surface area contributed by atoms with E-state index < -0.39 is 0 Å². The van der Waals surface area contributed by atoms with Gasteiger partial charge in [0.05, 0.1) is 5.52 Å². The number of rotatable bonds is 4. The van der Waals surface area contributed by atoms with Crippen LogP contribution in [0.2, 0.25) is 0 Å². The third-order valence-electron chi connectivity index (χ3n) is 2.22. The molecule has 3 heteroatoms. The second kappa shape index (κ2) is 5.28. The molecule has 1 aromatic carbocycles. The summed E-state index contributed by atoms with van der Waals surface area (Å²) in [4.78, 5) is 4.25. The van der Waals surface area contributed by atoms with Crippen LogP contribution in [0.5, 0.6) is 5.75 Å². The fourth-order valence-electron chi connectivity index (χ4n) is 1.45. The predicted molar refractivity (Wildman–Crippen MR) is 65.4 cm³/mol. The van der Waals surface area contributed by atoms with E-state index >= 15 is 0 Å². The first-order chi connectivity index (χ1) is 7.90. The largest absolute Gasteiger partial charge is 0.490 e. The Morgan fingerprint density at radius 1 is 1.25 bits per heavy atom. The van der Waals surface area contributed by atoms with Crippen molar-refractivity contribution in [3.8, 4) is 5.75 Å². The lowest BCUT2D eigenvalue weighted by Crippen LogP contribution is -1.97. The number of nitrogens with zero attached hydrogens (tertiary/aromatic N) is 1. The first kappa shape index (κ1) is 10.6. The van der Waals surface area contributed by atoms with Crippen LogP contribution < -0.4 is 10.5 Å². The van der Waals surface area contributed by atoms with Crippen molar-refractivity contribution in [2.24, 2.45) is 5.73 Å². The Hall–Kier alpha value is -1.87. The topological polar surface area (TPSA) is 48.1 Å². The minimum atomic E-state index is 0.545. The highest BCUT2D eigenvalue weighted by molar-refractivity contribution is 5.79. The lowest BCUT2D eigenvalue weighted by Gasteiger charge is -2.04. The molecular formula is C13H14N2O. The van der Waals surface area contributed by atoms with E-state index in [0.29, 0.717) is 13.2 Å². The summed E-state index contributed by atoms with van der Waals surface area (Å²) >= 11 is 0. The highest BCUT2D eigenvalue weighted by atomic mass is 16.5. The third-order valence-corrected chi connectivity index (χ3v) is 2.22. The smallest absolute Gasteiger partial charge is 0.120 e. The summed E-state index contributed by atoms with van der Waals surface area (Å²) in [7, 11) is 0. The molecule has 0 fully saturated rings. The normalized spacial score (nSPS) is 11.1. The molecule has 3 nitrogen and oxygen atoms in total. The molecule has 0 aliphatic heterocycles. The average Bonchev–Trinajstić information content (AvgIpc) is 2.34. The summed E-state index contributed by atoms with van der Waals surface area (Å²) in [5, 5.41) is 1.09. The predicted octanol–water partition coefficient (Wildman–Crippen LogP) is 2.13. The fourth-order valence-corrected chi connectivity index (χ4v) is 1.45. The minimum Gasteiger partial charge on any atom is -0.490 e. The molecule has 2 aromatic rings. The summed E-state index contributed by atoms with van der Waals surface area (Å²) in [6.45, 7) is 1.09. The van der Waals surface area contributed by atoms with Gasteiger partial charge in [0.1, 0.15) is 12.4 Å². The van der Waals surface area contributed by atoms with Crippen LogP contribution in [0.3, 0.4) is 0 Å². The molecule has 0 atom stereocenters. The van der Waals surface area contributed by atoms with Gasteiger partial charge in [-0.25, -0.2) is 0 Å². The van der Waals surface area contributed by atoms with Gasteiger partial charge in [0.25, 0.3) is 0 Å². The summed E-state index contributed by atoms with van der Waals surface area (Å²) in [5.41, 5.74) is 6.31. The maximum atomic E-state index is 5.55. The summed E-state index contributed by atoms with van der Waals surface area (Å²) in [6, 6.07) is 9.80. The van der Waals surface area contributed by atoms with E-state index in [9.17, 15) is 0 Å². The van der Waals surface area contributed by atoms with Gasteiger partial charge < -0.3 is 10.5 Å². The van der Waals surface area contributed by atoms with Crippen LogP contribution in [-0.2, 0) is 0 Å². The van der Waals surface area contributed by atoms with Gasteiger partial charge in [-0.3, -0.25) is 4.98 Å². The van der Waals surface area contributed by atoms with E-state index in [-0.39, 0.29) is 0 Å². The van der Waals surface area contributed by atoms with Gasteiger partial charge in [-0.1, -0.05) is 18.2 Å². The molecule has 0 spiro atoms. The highest BCUT2D eigenvalue weighted by Gasteiger charge is 1.96. The second-order valence-corrected chi connectivity index (χ2v) is 3.38. The number of hydrogen-bond acceptors (Lipinski definition) is 3. The molecule has 1 aromatic heterocycles. The molecular weight excluding hydrogens is 200 g/mol. The molecule has 2 rings (SSSR count). The van der Waals surface area contributed by atoms with Crippen molar-refractivity contribution in [2.45, 2.75) is 0 Å². The Morgan fingerprint density at radius 3 is 3.06 bits per heavy atom. The van der Waals surface area contributed by atoms with Crippen molar-refractivity contribution in [2.75, 3.05) is 13.2 Å². The van der Waals surface area contributed by atoms with Gasteiger partial charge in [0.15, 0.2) is 0 Å². The van der Waals surface area contributed by atoms with E-state index in [2.05, 4.69) is 4.98 Å². The zero-order chi connectivity index (χ0) is 11.2. The molecule has 16 heavy (non-hydrogen) atoms. The van der Waals surface area contributed by atoms with Gasteiger partial charge in [-0.15, -0.1) is 0 Å². The standard InChI is InChI=1S/C13H14N2O/c14-7-1-2-9-16-12-5-6-13-11(10-12)4-3-8-15-13/h1-6,8,10H,7,9,14H2/b2-1+. The minimum absolute atomic E-state index is 0.545. The van der Waals surface area contributed by atoms with Crippen LogP contribution in [-0.4, -0.2) is 18.1 Å². The number of hydrogen-bond donors (Lipinski definition) is 1. The quantitative estimate of drug-likeness (QED) is 0.793. The maximum absolute atomic E-state index is 5.55. The van der Waals surface area contributed by atoms with E-state index in [4.69, 9.17) is 10.5 Å². The zero-order valence-electron chi connectivity index (χ0n) is 8.97. The molecule has 1 heterocycles. The van der Waals surface area contributed by atoms with Crippen LogP contribution in [0, 0.1) is 0 Å².